The lowest BCUT2D eigenvalue weighted by Gasteiger charge is -1.62. The van der Waals surface area contributed by atoms with Crippen molar-refractivity contribution < 1.29 is 9.59 Å². The van der Waals surface area contributed by atoms with E-state index in [1.165, 1.54) is 0 Å². The van der Waals surface area contributed by atoms with Gasteiger partial charge in [-0.15, -0.1) is 13.2 Å². The lowest BCUT2D eigenvalue weighted by atomic mass is 10.8. The molecule has 0 atom stereocenters. The van der Waals surface area contributed by atoms with Crippen molar-refractivity contribution in [2.24, 2.45) is 22.9 Å². The lowest BCUT2D eigenvalue weighted by molar-refractivity contribution is 0.255. The van der Waals surface area contributed by atoms with E-state index >= 15 is 0 Å². The van der Waals surface area contributed by atoms with Gasteiger partial charge in [-0.25, -0.2) is 9.59 Å². The van der Waals surface area contributed by atoms with Crippen molar-refractivity contribution in [3.63, 3.8) is 0 Å². The van der Waals surface area contributed by atoms with Gasteiger partial charge in [-0.05, 0) is 13.8 Å². The molecule has 0 aromatic heterocycles. The van der Waals surface area contributed by atoms with Crippen LogP contribution in [0.5, 0.6) is 0 Å². The van der Waals surface area contributed by atoms with E-state index in [1.807, 2.05) is 13.8 Å². The predicted molar refractivity (Wildman–Crippen MR) is 59.3 cm³/mol. The lowest BCUT2D eigenvalue weighted by Crippen LogP contribution is -2.18. The summed E-state index contributed by atoms with van der Waals surface area (Å²) in [6.45, 7) is 10.5. The summed E-state index contributed by atoms with van der Waals surface area (Å²) in [7, 11) is 0. The second kappa shape index (κ2) is 30.5. The van der Waals surface area contributed by atoms with Gasteiger partial charge in [0.25, 0.3) is 0 Å². The van der Waals surface area contributed by atoms with E-state index in [0.29, 0.717) is 0 Å². The van der Waals surface area contributed by atoms with Gasteiger partial charge in [-0.3, -0.25) is 0 Å². The molecule has 0 aromatic carbocycles. The average Bonchev–Trinajstić information content (AvgIpc) is 1.85. The van der Waals surface area contributed by atoms with Crippen LogP contribution in [0, 0.1) is 0 Å². The van der Waals surface area contributed by atoms with Crippen molar-refractivity contribution in [3.05, 3.63) is 25.3 Å². The highest BCUT2D eigenvalue weighted by Gasteiger charge is 1.61. The standard InChI is InChI=1S/2C3H6.2CH4N2O/c2*1-3-2;2*2-1(3)4/h2*3H,1H2,2H3;2*(H4,2,3,4). The number of carbonyl (C=O) groups is 2. The number of urea groups is 2. The van der Waals surface area contributed by atoms with Gasteiger partial charge < -0.3 is 22.9 Å². The molecule has 4 amide bonds. The third-order valence-electron chi connectivity index (χ3n) is 0. The highest BCUT2D eigenvalue weighted by atomic mass is 16.2. The molecular weight excluding hydrogens is 184 g/mol. The van der Waals surface area contributed by atoms with Crippen LogP contribution in [0.3, 0.4) is 0 Å². The van der Waals surface area contributed by atoms with Gasteiger partial charge in [0.05, 0.1) is 0 Å². The molecule has 8 N–H and O–H groups in total. The summed E-state index contributed by atoms with van der Waals surface area (Å²) in [6.07, 6.45) is 3.50. The molecule has 0 saturated carbocycles. The van der Waals surface area contributed by atoms with Crippen LogP contribution < -0.4 is 22.9 Å². The third kappa shape index (κ3) is 208. The highest BCUT2D eigenvalue weighted by Crippen LogP contribution is 1.38. The molecule has 6 heteroatoms. The number of hydrogen-bond acceptors (Lipinski definition) is 2. The van der Waals surface area contributed by atoms with Gasteiger partial charge in [0.15, 0.2) is 0 Å². The molecule has 84 valence electrons. The Kier molecular flexibility index (Phi) is 49.5. The predicted octanol–water partition coefficient (Wildman–Crippen LogP) is 0.432. The Labute approximate surface area is 84.6 Å². The Morgan fingerprint density at radius 1 is 0.857 bits per heavy atom. The van der Waals surface area contributed by atoms with Gasteiger partial charge >= 0.3 is 12.1 Å². The first-order valence-electron chi connectivity index (χ1n) is 3.53. The maximum atomic E-state index is 9.00. The summed E-state index contributed by atoms with van der Waals surface area (Å²) in [6, 6.07) is -1.67. The normalized spacial score (nSPS) is 5.29. The van der Waals surface area contributed by atoms with E-state index in [9.17, 15) is 0 Å². The Balaban J connectivity index is -0.0000000482. The summed E-state index contributed by atoms with van der Waals surface area (Å²) in [5.41, 5.74) is 17.0. The monoisotopic (exact) mass is 204 g/mol. The van der Waals surface area contributed by atoms with Gasteiger partial charge in [0, 0.05) is 0 Å². The molecule has 0 radical (unpaired) electrons. The van der Waals surface area contributed by atoms with Crippen LogP contribution in [0.25, 0.3) is 0 Å². The molecule has 0 aromatic rings. The molecule has 6 nitrogen and oxygen atoms in total. The van der Waals surface area contributed by atoms with Gasteiger partial charge in [-0.2, -0.15) is 0 Å². The minimum Gasteiger partial charge on any atom is -0.352 e. The van der Waals surface area contributed by atoms with E-state index in [2.05, 4.69) is 36.1 Å². The first-order chi connectivity index (χ1) is 6.29. The van der Waals surface area contributed by atoms with Crippen molar-refractivity contribution in [2.45, 2.75) is 13.8 Å². The van der Waals surface area contributed by atoms with Crippen molar-refractivity contribution in [2.75, 3.05) is 0 Å². The Hall–Kier alpha value is -1.98. The van der Waals surface area contributed by atoms with E-state index in [-0.39, 0.29) is 0 Å². The van der Waals surface area contributed by atoms with Gasteiger partial charge in [-0.1, -0.05) is 12.2 Å². The number of amides is 4. The average molecular weight is 204 g/mol. The molecule has 0 unspecified atom stereocenters. The minimum atomic E-state index is -0.833. The van der Waals surface area contributed by atoms with Gasteiger partial charge in [0.1, 0.15) is 0 Å². The summed E-state index contributed by atoms with van der Waals surface area (Å²) >= 11 is 0. The summed E-state index contributed by atoms with van der Waals surface area (Å²) in [5.74, 6) is 0. The van der Waals surface area contributed by atoms with Crippen LogP contribution in [0.4, 0.5) is 9.59 Å². The fourth-order valence-electron chi connectivity index (χ4n) is 0. The molecule has 0 saturated heterocycles. The Morgan fingerprint density at radius 3 is 0.857 bits per heavy atom. The first kappa shape index (κ1) is 22.7. The van der Waals surface area contributed by atoms with Crippen LogP contribution >= 0.6 is 0 Å². The largest absolute Gasteiger partial charge is 0.352 e. The van der Waals surface area contributed by atoms with Crippen LogP contribution in [0.1, 0.15) is 13.8 Å². The van der Waals surface area contributed by atoms with Crippen LogP contribution in [0.2, 0.25) is 0 Å². The Bertz CT molecular complexity index is 131. The van der Waals surface area contributed by atoms with Crippen LogP contribution in [0.15, 0.2) is 25.3 Å². The second-order valence-electron chi connectivity index (χ2n) is 1.62. The molecule has 0 aliphatic heterocycles. The van der Waals surface area contributed by atoms with Crippen molar-refractivity contribution >= 4 is 12.1 Å². The molecule has 14 heavy (non-hydrogen) atoms. The molecule has 0 heterocycles. The maximum Gasteiger partial charge on any atom is 0.309 e. The number of nitrogens with two attached hydrogens (primary N) is 4. The summed E-state index contributed by atoms with van der Waals surface area (Å²) in [5, 5.41) is 0. The fraction of sp³-hybridized carbons (Fsp3) is 0.250. The minimum absolute atomic E-state index is 0.833. The SMILES string of the molecule is C=CC.C=CC.NC(N)=O.NC(N)=O. The summed E-state index contributed by atoms with van der Waals surface area (Å²) < 4.78 is 0. The zero-order valence-corrected chi connectivity index (χ0v) is 8.69. The molecule has 0 spiro atoms. The molecular formula is C8H20N4O2. The van der Waals surface area contributed by atoms with E-state index < -0.39 is 12.1 Å². The third-order valence-corrected chi connectivity index (χ3v) is 0. The van der Waals surface area contributed by atoms with Crippen molar-refractivity contribution in [1.82, 2.24) is 0 Å². The first-order valence-corrected chi connectivity index (χ1v) is 3.53. The van der Waals surface area contributed by atoms with Crippen molar-refractivity contribution in [1.29, 1.82) is 0 Å². The topological polar surface area (TPSA) is 138 Å². The number of rotatable bonds is 0. The number of primary amides is 4. The van der Waals surface area contributed by atoms with Crippen LogP contribution in [-0.4, -0.2) is 12.1 Å². The molecule has 0 aliphatic rings. The fourth-order valence-corrected chi connectivity index (χ4v) is 0. The molecule has 0 rings (SSSR count). The molecule has 0 bridgehead atoms. The van der Waals surface area contributed by atoms with Crippen LogP contribution in [-0.2, 0) is 0 Å². The smallest absolute Gasteiger partial charge is 0.309 e. The zero-order valence-electron chi connectivity index (χ0n) is 8.69. The second-order valence-corrected chi connectivity index (χ2v) is 1.62. The summed E-state index contributed by atoms with van der Waals surface area (Å²) in [4.78, 5) is 18.0. The highest BCUT2D eigenvalue weighted by molar-refractivity contribution is 5.69. The number of carbonyl (C=O) groups excluding carboxylic acids is 2. The van der Waals surface area contributed by atoms with Crippen molar-refractivity contribution in [3.8, 4) is 0 Å². The molecule has 0 aliphatic carbocycles. The number of hydrogen-bond donors (Lipinski definition) is 4. The molecule has 0 fully saturated rings. The van der Waals surface area contributed by atoms with E-state index in [1.54, 1.807) is 12.2 Å². The van der Waals surface area contributed by atoms with Gasteiger partial charge in [0.2, 0.25) is 0 Å². The quantitative estimate of drug-likeness (QED) is 0.425. The Morgan fingerprint density at radius 2 is 0.857 bits per heavy atom. The zero-order chi connectivity index (χ0) is 12.6. The number of allylic oxidation sites excluding steroid dienone is 2. The maximum absolute atomic E-state index is 9.00. The van der Waals surface area contributed by atoms with E-state index in [0.717, 1.165) is 0 Å². The van der Waals surface area contributed by atoms with E-state index in [4.69, 9.17) is 9.59 Å².